The van der Waals surface area contributed by atoms with Gasteiger partial charge < -0.3 is 4.84 Å². The molecule has 0 unspecified atom stereocenters. The van der Waals surface area contributed by atoms with Gasteiger partial charge in [0.1, 0.15) is 12.0 Å². The average Bonchev–Trinajstić information content (AvgIpc) is 2.45. The van der Waals surface area contributed by atoms with Gasteiger partial charge in [-0.25, -0.2) is 0 Å². The van der Waals surface area contributed by atoms with E-state index in [9.17, 15) is 0 Å². The zero-order valence-electron chi connectivity index (χ0n) is 9.79. The third-order valence-corrected chi connectivity index (χ3v) is 2.06. The maximum absolute atomic E-state index is 5.09. The monoisotopic (exact) mass is 199 g/mol. The summed E-state index contributed by atoms with van der Waals surface area (Å²) in [5, 5.41) is 4.02. The molecular weight excluding hydrogens is 180 g/mol. The summed E-state index contributed by atoms with van der Waals surface area (Å²) >= 11 is 0. The molecule has 0 aliphatic rings. The summed E-state index contributed by atoms with van der Waals surface area (Å²) in [7, 11) is 1.57. The minimum Gasteiger partial charge on any atom is -0.305 e. The molecular formula is C10H19N2O2+. The molecule has 0 aromatic carbocycles. The van der Waals surface area contributed by atoms with Crippen molar-refractivity contribution >= 4 is 0 Å². The van der Waals surface area contributed by atoms with Crippen LogP contribution >= 0.6 is 0 Å². The van der Waals surface area contributed by atoms with Crippen molar-refractivity contribution in [1.82, 2.24) is 5.16 Å². The van der Waals surface area contributed by atoms with Gasteiger partial charge in [0.2, 0.25) is 0 Å². The first-order valence-electron chi connectivity index (χ1n) is 4.85. The normalized spacial score (nSPS) is 12.2. The summed E-state index contributed by atoms with van der Waals surface area (Å²) in [5.74, 6) is 0.337. The largest absolute Gasteiger partial charge is 0.305 e. The molecule has 1 aromatic rings. The van der Waals surface area contributed by atoms with E-state index in [-0.39, 0.29) is 5.41 Å². The van der Waals surface area contributed by atoms with E-state index in [0.717, 1.165) is 11.4 Å². The van der Waals surface area contributed by atoms with Gasteiger partial charge in [0.25, 0.3) is 11.4 Å². The topological polar surface area (TPSA) is 39.1 Å². The first-order chi connectivity index (χ1) is 6.38. The minimum absolute atomic E-state index is 0.0321. The van der Waals surface area contributed by atoms with Crippen molar-refractivity contribution in [3.8, 4) is 0 Å². The highest BCUT2D eigenvalue weighted by molar-refractivity contribution is 5.15. The third kappa shape index (κ3) is 1.89. The molecule has 1 heterocycles. The van der Waals surface area contributed by atoms with Gasteiger partial charge in [0, 0.05) is 11.3 Å². The van der Waals surface area contributed by atoms with Crippen LogP contribution in [0.25, 0.3) is 0 Å². The van der Waals surface area contributed by atoms with Crippen LogP contribution in [0.15, 0.2) is 4.63 Å². The molecule has 80 valence electrons. The van der Waals surface area contributed by atoms with Crippen LogP contribution in [0, 0.1) is 0 Å². The van der Waals surface area contributed by atoms with Crippen molar-refractivity contribution in [1.29, 1.82) is 0 Å². The van der Waals surface area contributed by atoms with Crippen LogP contribution in [0.5, 0.6) is 0 Å². The Kier molecular flexibility index (Phi) is 2.83. The van der Waals surface area contributed by atoms with Crippen molar-refractivity contribution in [2.45, 2.75) is 46.0 Å². The van der Waals surface area contributed by atoms with Crippen molar-refractivity contribution in [2.24, 2.45) is 0 Å². The summed E-state index contributed by atoms with van der Waals surface area (Å²) in [6.45, 7) is 10.5. The molecule has 0 bridgehead atoms. The highest BCUT2D eigenvalue weighted by Crippen LogP contribution is 2.25. The zero-order chi connectivity index (χ0) is 10.9. The van der Waals surface area contributed by atoms with Crippen LogP contribution in [0.2, 0.25) is 0 Å². The third-order valence-electron chi connectivity index (χ3n) is 2.06. The SMILES string of the molecule is CO[n+]1onc(C(C)C)c1C(C)(C)C. The standard InChI is InChI=1S/C10H19N2O2/c1-7(2)8-9(10(3,4)5)12(13-6)14-11-8/h7H,1-6H3/q+1. The van der Waals surface area contributed by atoms with Gasteiger partial charge in [0.15, 0.2) is 5.16 Å². The smallest absolute Gasteiger partial charge is 0.254 e. The van der Waals surface area contributed by atoms with Crippen LogP contribution in [-0.4, -0.2) is 12.3 Å². The fourth-order valence-corrected chi connectivity index (χ4v) is 1.42. The summed E-state index contributed by atoms with van der Waals surface area (Å²) in [6, 6.07) is 0. The first-order valence-corrected chi connectivity index (χ1v) is 4.85. The van der Waals surface area contributed by atoms with Crippen molar-refractivity contribution in [3.63, 3.8) is 0 Å². The van der Waals surface area contributed by atoms with Crippen LogP contribution in [0.4, 0.5) is 0 Å². The molecule has 14 heavy (non-hydrogen) atoms. The van der Waals surface area contributed by atoms with Crippen molar-refractivity contribution in [2.75, 3.05) is 7.11 Å². The molecule has 0 aliphatic heterocycles. The summed E-state index contributed by atoms with van der Waals surface area (Å²) < 4.78 is 5.08. The van der Waals surface area contributed by atoms with Crippen molar-refractivity contribution in [3.05, 3.63) is 11.4 Å². The van der Waals surface area contributed by atoms with E-state index in [1.165, 1.54) is 4.90 Å². The molecule has 0 spiro atoms. The molecule has 0 amide bonds. The van der Waals surface area contributed by atoms with Gasteiger partial charge in [-0.3, -0.25) is 0 Å². The van der Waals surface area contributed by atoms with E-state index in [1.807, 2.05) is 0 Å². The zero-order valence-corrected chi connectivity index (χ0v) is 9.79. The molecule has 1 aromatic heterocycles. The summed E-state index contributed by atoms with van der Waals surface area (Å²) in [4.78, 5) is 6.47. The van der Waals surface area contributed by atoms with Crippen LogP contribution in [0.1, 0.15) is 51.9 Å². The minimum atomic E-state index is -0.0321. The second-order valence-corrected chi connectivity index (χ2v) is 4.75. The quantitative estimate of drug-likeness (QED) is 0.723. The molecule has 0 fully saturated rings. The van der Waals surface area contributed by atoms with Gasteiger partial charge in [-0.2, -0.15) is 0 Å². The maximum Gasteiger partial charge on any atom is 0.254 e. The van der Waals surface area contributed by atoms with Gasteiger partial charge in [0.05, 0.1) is 0 Å². The fraction of sp³-hybridized carbons (Fsp3) is 0.800. The molecule has 4 nitrogen and oxygen atoms in total. The Morgan fingerprint density at radius 1 is 1.36 bits per heavy atom. The molecule has 0 aliphatic carbocycles. The number of nitrogens with zero attached hydrogens (tertiary/aromatic N) is 2. The predicted octanol–water partition coefficient (Wildman–Crippen LogP) is 1.44. The van der Waals surface area contributed by atoms with Crippen LogP contribution in [-0.2, 0) is 5.41 Å². The van der Waals surface area contributed by atoms with Gasteiger partial charge >= 0.3 is 0 Å². The molecule has 0 radical (unpaired) electrons. The molecule has 0 N–H and O–H groups in total. The van der Waals surface area contributed by atoms with E-state index in [4.69, 9.17) is 9.47 Å². The van der Waals surface area contributed by atoms with Gasteiger partial charge in [-0.05, 0) is 4.63 Å². The predicted molar refractivity (Wildman–Crippen MR) is 52.0 cm³/mol. The Labute approximate surface area is 84.8 Å². The van der Waals surface area contributed by atoms with Gasteiger partial charge in [-0.1, -0.05) is 34.6 Å². The lowest BCUT2D eigenvalue weighted by molar-refractivity contribution is -1.03. The fourth-order valence-electron chi connectivity index (χ4n) is 1.42. The Bertz CT molecular complexity index is 310. The molecule has 4 heteroatoms. The molecule has 0 saturated heterocycles. The lowest BCUT2D eigenvalue weighted by atomic mass is 9.88. The number of hydrogen-bond acceptors (Lipinski definition) is 3. The Morgan fingerprint density at radius 3 is 2.29 bits per heavy atom. The number of hydrogen-bond donors (Lipinski definition) is 0. The van der Waals surface area contributed by atoms with E-state index in [0.29, 0.717) is 5.92 Å². The summed E-state index contributed by atoms with van der Waals surface area (Å²) in [6.07, 6.45) is 0. The number of rotatable bonds is 2. The highest BCUT2D eigenvalue weighted by Gasteiger charge is 2.37. The number of aromatic nitrogens is 2. The highest BCUT2D eigenvalue weighted by atomic mass is 16.8. The van der Waals surface area contributed by atoms with E-state index in [1.54, 1.807) is 7.11 Å². The van der Waals surface area contributed by atoms with Crippen molar-refractivity contribution < 1.29 is 14.4 Å². The average molecular weight is 199 g/mol. The lowest BCUT2D eigenvalue weighted by Gasteiger charge is -2.13. The Morgan fingerprint density at radius 2 is 1.93 bits per heavy atom. The molecule has 0 saturated carbocycles. The van der Waals surface area contributed by atoms with Gasteiger partial charge in [-0.15, -0.1) is 0 Å². The van der Waals surface area contributed by atoms with E-state index in [2.05, 4.69) is 39.8 Å². The maximum atomic E-state index is 5.09. The second-order valence-electron chi connectivity index (χ2n) is 4.75. The van der Waals surface area contributed by atoms with Crippen LogP contribution < -0.4 is 9.74 Å². The Balaban J connectivity index is 3.27. The lowest BCUT2D eigenvalue weighted by Crippen LogP contribution is -2.46. The van der Waals surface area contributed by atoms with E-state index >= 15 is 0 Å². The molecule has 1 rings (SSSR count). The van der Waals surface area contributed by atoms with E-state index < -0.39 is 0 Å². The second kappa shape index (κ2) is 3.59. The van der Waals surface area contributed by atoms with Crippen LogP contribution in [0.3, 0.4) is 0 Å². The Hall–Kier alpha value is -1.06. The first kappa shape index (κ1) is 11.0. The molecule has 0 atom stereocenters. The summed E-state index contributed by atoms with van der Waals surface area (Å²) in [5.41, 5.74) is 1.92.